The number of ether oxygens (including phenoxy) is 1. The van der Waals surface area contributed by atoms with E-state index >= 15 is 0 Å². The van der Waals surface area contributed by atoms with Crippen LogP contribution in [0.3, 0.4) is 0 Å². The Hall–Kier alpha value is -2.95. The number of rotatable bonds is 2. The van der Waals surface area contributed by atoms with Crippen LogP contribution in [-0.2, 0) is 4.79 Å². The third-order valence-corrected chi connectivity index (χ3v) is 3.02. The van der Waals surface area contributed by atoms with Crippen LogP contribution in [0, 0.1) is 0 Å². The highest BCUT2D eigenvalue weighted by molar-refractivity contribution is 5.83. The molecule has 0 N–H and O–H groups in total. The molecule has 21 heavy (non-hydrogen) atoms. The van der Waals surface area contributed by atoms with Crippen LogP contribution in [0.25, 0.3) is 16.6 Å². The van der Waals surface area contributed by atoms with E-state index in [0.717, 1.165) is 0 Å². The van der Waals surface area contributed by atoms with Gasteiger partial charge < -0.3 is 4.74 Å². The van der Waals surface area contributed by atoms with Gasteiger partial charge in [0.2, 0.25) is 5.88 Å². The summed E-state index contributed by atoms with van der Waals surface area (Å²) in [5.74, 6) is 0.0729. The van der Waals surface area contributed by atoms with Gasteiger partial charge in [-0.3, -0.25) is 9.59 Å². The Morgan fingerprint density at radius 1 is 1.14 bits per heavy atom. The van der Waals surface area contributed by atoms with Crippen molar-refractivity contribution in [2.45, 2.75) is 6.92 Å². The standard InChI is InChI=1S/C16H12N2O3/c1-11(19)21-15-10-12-6-2-3-7-13(12)16(20)18(15)14-8-4-5-9-17-14/h2-10H,1H3. The molecule has 0 aliphatic rings. The number of aromatic nitrogens is 2. The Labute approximate surface area is 120 Å². The van der Waals surface area contributed by atoms with E-state index in [2.05, 4.69) is 4.98 Å². The molecule has 0 bridgehead atoms. The number of esters is 1. The Balaban J connectivity index is 2.37. The fourth-order valence-electron chi connectivity index (χ4n) is 2.16. The SMILES string of the molecule is CC(=O)Oc1cc2ccccc2c(=O)n1-c1ccccn1. The second-order valence-electron chi connectivity index (χ2n) is 4.49. The highest BCUT2D eigenvalue weighted by Crippen LogP contribution is 2.20. The molecule has 1 aromatic carbocycles. The van der Waals surface area contributed by atoms with Crippen molar-refractivity contribution < 1.29 is 9.53 Å². The average Bonchev–Trinajstić information content (AvgIpc) is 2.48. The molecule has 0 atom stereocenters. The highest BCUT2D eigenvalue weighted by atomic mass is 16.5. The van der Waals surface area contributed by atoms with Gasteiger partial charge in [0.25, 0.3) is 5.56 Å². The first kappa shape index (κ1) is 13.1. The van der Waals surface area contributed by atoms with Gasteiger partial charge in [-0.1, -0.05) is 24.3 Å². The molecule has 3 aromatic rings. The largest absolute Gasteiger partial charge is 0.409 e. The van der Waals surface area contributed by atoms with Gasteiger partial charge in [0, 0.05) is 24.6 Å². The average molecular weight is 280 g/mol. The zero-order chi connectivity index (χ0) is 14.8. The highest BCUT2D eigenvalue weighted by Gasteiger charge is 2.14. The molecular formula is C16H12N2O3. The van der Waals surface area contributed by atoms with Crippen LogP contribution in [0.1, 0.15) is 6.92 Å². The Bertz CT molecular complexity index is 870. The minimum atomic E-state index is -0.491. The molecule has 0 radical (unpaired) electrons. The summed E-state index contributed by atoms with van der Waals surface area (Å²) in [7, 11) is 0. The maximum Gasteiger partial charge on any atom is 0.309 e. The third-order valence-electron chi connectivity index (χ3n) is 3.02. The van der Waals surface area contributed by atoms with E-state index in [1.165, 1.54) is 11.5 Å². The number of carbonyl (C=O) groups is 1. The van der Waals surface area contributed by atoms with Crippen LogP contribution in [0.5, 0.6) is 5.88 Å². The Kier molecular flexibility index (Phi) is 3.23. The lowest BCUT2D eigenvalue weighted by Gasteiger charge is -2.12. The van der Waals surface area contributed by atoms with Crippen LogP contribution < -0.4 is 10.3 Å². The predicted molar refractivity (Wildman–Crippen MR) is 78.6 cm³/mol. The first-order chi connectivity index (χ1) is 10.2. The zero-order valence-corrected chi connectivity index (χ0v) is 11.3. The van der Waals surface area contributed by atoms with Gasteiger partial charge in [-0.25, -0.2) is 9.55 Å². The maximum absolute atomic E-state index is 12.7. The molecule has 0 fully saturated rings. The Morgan fingerprint density at radius 2 is 1.90 bits per heavy atom. The van der Waals surface area contributed by atoms with Gasteiger partial charge >= 0.3 is 5.97 Å². The summed E-state index contributed by atoms with van der Waals surface area (Å²) in [6.45, 7) is 1.29. The topological polar surface area (TPSA) is 61.2 Å². The number of carbonyl (C=O) groups excluding carboxylic acids is 1. The molecule has 2 aromatic heterocycles. The lowest BCUT2D eigenvalue weighted by molar-refractivity contribution is -0.132. The van der Waals surface area contributed by atoms with Crippen molar-refractivity contribution in [1.29, 1.82) is 0 Å². The minimum Gasteiger partial charge on any atom is -0.409 e. The van der Waals surface area contributed by atoms with Gasteiger partial charge in [-0.05, 0) is 23.6 Å². The smallest absolute Gasteiger partial charge is 0.309 e. The molecular weight excluding hydrogens is 268 g/mol. The van der Waals surface area contributed by atoms with E-state index in [-0.39, 0.29) is 11.4 Å². The zero-order valence-electron chi connectivity index (χ0n) is 11.3. The summed E-state index contributed by atoms with van der Waals surface area (Å²) in [4.78, 5) is 28.1. The summed E-state index contributed by atoms with van der Waals surface area (Å²) in [6.07, 6.45) is 1.58. The number of hydrogen-bond acceptors (Lipinski definition) is 4. The van der Waals surface area contributed by atoms with Gasteiger partial charge in [-0.15, -0.1) is 0 Å². The first-order valence-corrected chi connectivity index (χ1v) is 6.41. The fraction of sp³-hybridized carbons (Fsp3) is 0.0625. The van der Waals surface area contributed by atoms with E-state index in [1.54, 1.807) is 48.7 Å². The van der Waals surface area contributed by atoms with Crippen LogP contribution in [-0.4, -0.2) is 15.5 Å². The van der Waals surface area contributed by atoms with E-state index in [0.29, 0.717) is 16.6 Å². The van der Waals surface area contributed by atoms with Gasteiger partial charge in [-0.2, -0.15) is 0 Å². The van der Waals surface area contributed by atoms with E-state index < -0.39 is 5.97 Å². The molecule has 0 amide bonds. The molecule has 2 heterocycles. The molecule has 5 heteroatoms. The summed E-state index contributed by atoms with van der Waals surface area (Å²) in [5, 5.41) is 1.25. The quantitative estimate of drug-likeness (QED) is 0.676. The number of hydrogen-bond donors (Lipinski definition) is 0. The molecule has 0 aliphatic heterocycles. The lowest BCUT2D eigenvalue weighted by Crippen LogP contribution is -2.22. The third kappa shape index (κ3) is 2.41. The predicted octanol–water partition coefficient (Wildman–Crippen LogP) is 2.31. The van der Waals surface area contributed by atoms with Crippen LogP contribution in [0.15, 0.2) is 59.5 Å². The maximum atomic E-state index is 12.7. The van der Waals surface area contributed by atoms with Crippen LogP contribution in [0.2, 0.25) is 0 Å². The number of fused-ring (bicyclic) bond motifs is 1. The van der Waals surface area contributed by atoms with Crippen LogP contribution in [0.4, 0.5) is 0 Å². The van der Waals surface area contributed by atoms with Crippen molar-refractivity contribution in [2.75, 3.05) is 0 Å². The number of benzene rings is 1. The van der Waals surface area contributed by atoms with Crippen molar-refractivity contribution in [1.82, 2.24) is 9.55 Å². The fourth-order valence-corrected chi connectivity index (χ4v) is 2.16. The number of nitrogens with zero attached hydrogens (tertiary/aromatic N) is 2. The summed E-state index contributed by atoms with van der Waals surface area (Å²) < 4.78 is 6.47. The van der Waals surface area contributed by atoms with E-state index in [9.17, 15) is 9.59 Å². The second kappa shape index (κ2) is 5.20. The monoisotopic (exact) mass is 280 g/mol. The summed E-state index contributed by atoms with van der Waals surface area (Å²) in [6, 6.07) is 14.0. The normalized spacial score (nSPS) is 10.5. The van der Waals surface area contributed by atoms with Crippen LogP contribution >= 0.6 is 0 Å². The lowest BCUT2D eigenvalue weighted by atomic mass is 10.2. The van der Waals surface area contributed by atoms with Gasteiger partial charge in [0.05, 0.1) is 0 Å². The molecule has 0 spiro atoms. The second-order valence-corrected chi connectivity index (χ2v) is 4.49. The molecule has 3 rings (SSSR count). The van der Waals surface area contributed by atoms with Gasteiger partial charge in [0.15, 0.2) is 0 Å². The number of pyridine rings is 2. The molecule has 104 valence electrons. The van der Waals surface area contributed by atoms with Crippen molar-refractivity contribution in [3.63, 3.8) is 0 Å². The van der Waals surface area contributed by atoms with Crippen molar-refractivity contribution >= 4 is 16.7 Å². The van der Waals surface area contributed by atoms with E-state index in [4.69, 9.17) is 4.74 Å². The van der Waals surface area contributed by atoms with Gasteiger partial charge in [0.1, 0.15) is 5.82 Å². The van der Waals surface area contributed by atoms with E-state index in [1.807, 2.05) is 6.07 Å². The molecule has 0 aliphatic carbocycles. The summed E-state index contributed by atoms with van der Waals surface area (Å²) >= 11 is 0. The summed E-state index contributed by atoms with van der Waals surface area (Å²) in [5.41, 5.74) is -0.275. The molecule has 5 nitrogen and oxygen atoms in total. The first-order valence-electron chi connectivity index (χ1n) is 6.41. The molecule has 0 saturated carbocycles. The minimum absolute atomic E-state index is 0.157. The molecule has 0 unspecified atom stereocenters. The van der Waals surface area contributed by atoms with Crippen molar-refractivity contribution in [3.05, 3.63) is 65.1 Å². The Morgan fingerprint density at radius 3 is 2.62 bits per heavy atom. The van der Waals surface area contributed by atoms with Crippen molar-refractivity contribution in [3.8, 4) is 11.7 Å². The van der Waals surface area contributed by atoms with Crippen molar-refractivity contribution in [2.24, 2.45) is 0 Å². The molecule has 0 saturated heterocycles.